The van der Waals surface area contributed by atoms with Crippen LogP contribution in [0, 0.1) is 6.92 Å². The van der Waals surface area contributed by atoms with Crippen LogP contribution >= 0.6 is 0 Å². The molecule has 0 bridgehead atoms. The summed E-state index contributed by atoms with van der Waals surface area (Å²) in [5.74, 6) is -1.49. The van der Waals surface area contributed by atoms with Crippen molar-refractivity contribution in [2.45, 2.75) is 6.92 Å². The fourth-order valence-corrected chi connectivity index (χ4v) is 1.07. The lowest BCUT2D eigenvalue weighted by molar-refractivity contribution is -0.135. The molecule has 0 aliphatic rings. The molecule has 0 aliphatic heterocycles. The molecular weight excluding hydrogens is 196 g/mol. The topological polar surface area (TPSA) is 92.4 Å². The highest BCUT2D eigenvalue weighted by atomic mass is 16.4. The van der Waals surface area contributed by atoms with Gasteiger partial charge in [0, 0.05) is 11.3 Å². The van der Waals surface area contributed by atoms with Gasteiger partial charge in [0.15, 0.2) is 0 Å². The fourth-order valence-electron chi connectivity index (χ4n) is 1.07. The number of carboxylic acid groups (broad SMARTS) is 1. The molecule has 0 fully saturated rings. The van der Waals surface area contributed by atoms with Gasteiger partial charge in [-0.3, -0.25) is 9.59 Å². The van der Waals surface area contributed by atoms with Crippen molar-refractivity contribution in [3.63, 3.8) is 0 Å². The van der Waals surface area contributed by atoms with Crippen molar-refractivity contribution in [2.24, 2.45) is 0 Å². The van der Waals surface area contributed by atoms with Crippen LogP contribution in [0.3, 0.4) is 0 Å². The number of hydrogen-bond acceptors (Lipinski definition) is 3. The third kappa shape index (κ3) is 2.98. The van der Waals surface area contributed by atoms with Crippen LogP contribution in [-0.4, -0.2) is 23.5 Å². The van der Waals surface area contributed by atoms with E-state index < -0.39 is 11.9 Å². The standard InChI is InChI=1S/C10H12N2O3/c1-6-4-7(2-3-8(6)11)10(15)12-5-9(13)14/h2-4H,5,11H2,1H3,(H,12,15)(H,13,14). The lowest BCUT2D eigenvalue weighted by Gasteiger charge is -2.04. The van der Waals surface area contributed by atoms with Crippen LogP contribution in [0.15, 0.2) is 18.2 Å². The SMILES string of the molecule is Cc1cc(C(=O)NCC(=O)O)ccc1N. The van der Waals surface area contributed by atoms with Crippen molar-refractivity contribution in [2.75, 3.05) is 12.3 Å². The van der Waals surface area contributed by atoms with Gasteiger partial charge in [-0.15, -0.1) is 0 Å². The van der Waals surface area contributed by atoms with Crippen molar-refractivity contribution in [3.8, 4) is 0 Å². The van der Waals surface area contributed by atoms with Gasteiger partial charge in [-0.1, -0.05) is 0 Å². The van der Waals surface area contributed by atoms with Crippen LogP contribution in [-0.2, 0) is 4.79 Å². The third-order valence-electron chi connectivity index (χ3n) is 1.93. The molecule has 0 unspecified atom stereocenters. The van der Waals surface area contributed by atoms with Gasteiger partial charge in [0.05, 0.1) is 0 Å². The van der Waals surface area contributed by atoms with E-state index in [1.54, 1.807) is 25.1 Å². The third-order valence-corrected chi connectivity index (χ3v) is 1.93. The van der Waals surface area contributed by atoms with Crippen LogP contribution in [0.4, 0.5) is 5.69 Å². The molecule has 0 aromatic heterocycles. The van der Waals surface area contributed by atoms with Crippen LogP contribution in [0.25, 0.3) is 0 Å². The summed E-state index contributed by atoms with van der Waals surface area (Å²) in [7, 11) is 0. The highest BCUT2D eigenvalue weighted by Crippen LogP contribution is 2.12. The number of benzene rings is 1. The number of nitrogens with one attached hydrogen (secondary N) is 1. The lowest BCUT2D eigenvalue weighted by Crippen LogP contribution is -2.29. The maximum atomic E-state index is 11.4. The van der Waals surface area contributed by atoms with Gasteiger partial charge in [0.1, 0.15) is 6.54 Å². The summed E-state index contributed by atoms with van der Waals surface area (Å²) in [6, 6.07) is 4.79. The normalized spacial score (nSPS) is 9.67. The molecule has 80 valence electrons. The average Bonchev–Trinajstić information content (AvgIpc) is 2.18. The Kier molecular flexibility index (Phi) is 3.28. The Morgan fingerprint density at radius 3 is 2.67 bits per heavy atom. The summed E-state index contributed by atoms with van der Waals surface area (Å²) in [5, 5.41) is 10.6. The van der Waals surface area contributed by atoms with Gasteiger partial charge in [0.25, 0.3) is 5.91 Å². The highest BCUT2D eigenvalue weighted by Gasteiger charge is 2.07. The minimum atomic E-state index is -1.07. The van der Waals surface area contributed by atoms with Gasteiger partial charge >= 0.3 is 5.97 Å². The molecule has 0 atom stereocenters. The molecule has 0 radical (unpaired) electrons. The minimum absolute atomic E-state index is 0.387. The smallest absolute Gasteiger partial charge is 0.322 e. The van der Waals surface area contributed by atoms with Gasteiger partial charge in [-0.25, -0.2) is 0 Å². The maximum Gasteiger partial charge on any atom is 0.322 e. The van der Waals surface area contributed by atoms with E-state index in [9.17, 15) is 9.59 Å². The van der Waals surface area contributed by atoms with Gasteiger partial charge in [0.2, 0.25) is 0 Å². The number of rotatable bonds is 3. The molecule has 4 N–H and O–H groups in total. The first kappa shape index (κ1) is 11.0. The predicted octanol–water partition coefficient (Wildman–Crippen LogP) is 0.392. The van der Waals surface area contributed by atoms with Crippen LogP contribution in [0.1, 0.15) is 15.9 Å². The van der Waals surface area contributed by atoms with Crippen molar-refractivity contribution in [1.29, 1.82) is 0 Å². The highest BCUT2D eigenvalue weighted by molar-refractivity contribution is 5.96. The number of aliphatic carboxylic acids is 1. The van der Waals surface area contributed by atoms with Crippen LogP contribution in [0.5, 0.6) is 0 Å². The number of nitrogen functional groups attached to an aromatic ring is 1. The molecule has 1 rings (SSSR count). The Labute approximate surface area is 86.9 Å². The van der Waals surface area contributed by atoms with Gasteiger partial charge < -0.3 is 16.2 Å². The second kappa shape index (κ2) is 4.45. The summed E-state index contributed by atoms with van der Waals surface area (Å²) in [4.78, 5) is 21.6. The largest absolute Gasteiger partial charge is 0.480 e. The molecule has 1 amide bonds. The molecule has 5 nitrogen and oxygen atoms in total. The Balaban J connectivity index is 2.74. The van der Waals surface area contributed by atoms with Crippen LogP contribution < -0.4 is 11.1 Å². The van der Waals surface area contributed by atoms with Crippen molar-refractivity contribution >= 4 is 17.6 Å². The summed E-state index contributed by atoms with van der Waals surface area (Å²) in [6.45, 7) is 1.39. The number of carbonyl (C=O) groups excluding carboxylic acids is 1. The zero-order valence-corrected chi connectivity index (χ0v) is 8.28. The summed E-state index contributed by atoms with van der Waals surface area (Å²) in [5.41, 5.74) is 7.38. The van der Waals surface area contributed by atoms with E-state index >= 15 is 0 Å². The zero-order valence-electron chi connectivity index (χ0n) is 8.28. The molecule has 5 heteroatoms. The van der Waals surface area contributed by atoms with E-state index in [0.717, 1.165) is 5.56 Å². The van der Waals surface area contributed by atoms with E-state index in [1.165, 1.54) is 0 Å². The molecule has 1 aromatic rings. The van der Waals surface area contributed by atoms with E-state index in [1.807, 2.05) is 0 Å². The van der Waals surface area contributed by atoms with Gasteiger partial charge in [-0.2, -0.15) is 0 Å². The molecule has 0 spiro atoms. The Hall–Kier alpha value is -2.04. The zero-order chi connectivity index (χ0) is 11.4. The molecule has 15 heavy (non-hydrogen) atoms. The Morgan fingerprint density at radius 2 is 2.13 bits per heavy atom. The molecule has 1 aromatic carbocycles. The van der Waals surface area contributed by atoms with Gasteiger partial charge in [-0.05, 0) is 30.7 Å². The summed E-state index contributed by atoms with van der Waals surface area (Å²) in [6.07, 6.45) is 0. The number of nitrogens with two attached hydrogens (primary N) is 1. The van der Waals surface area contributed by atoms with Crippen molar-refractivity contribution in [3.05, 3.63) is 29.3 Å². The van der Waals surface area contributed by atoms with Crippen LogP contribution in [0.2, 0.25) is 0 Å². The van der Waals surface area contributed by atoms with E-state index in [0.29, 0.717) is 11.3 Å². The number of aryl methyl sites for hydroxylation is 1. The average molecular weight is 208 g/mol. The number of carboxylic acids is 1. The maximum absolute atomic E-state index is 11.4. The first-order valence-corrected chi connectivity index (χ1v) is 4.37. The first-order valence-electron chi connectivity index (χ1n) is 4.37. The molecular formula is C10H12N2O3. The molecule has 0 heterocycles. The quantitative estimate of drug-likeness (QED) is 0.626. The molecule has 0 aliphatic carbocycles. The molecule has 0 saturated heterocycles. The van der Waals surface area contributed by atoms with E-state index in [-0.39, 0.29) is 6.54 Å². The Morgan fingerprint density at radius 1 is 1.47 bits per heavy atom. The lowest BCUT2D eigenvalue weighted by atomic mass is 10.1. The monoisotopic (exact) mass is 208 g/mol. The number of amides is 1. The Bertz CT molecular complexity index is 402. The van der Waals surface area contributed by atoms with Crippen molar-refractivity contribution < 1.29 is 14.7 Å². The molecule has 0 saturated carbocycles. The predicted molar refractivity (Wildman–Crippen MR) is 55.6 cm³/mol. The van der Waals surface area contributed by atoms with Crippen molar-refractivity contribution in [1.82, 2.24) is 5.32 Å². The number of anilines is 1. The van der Waals surface area contributed by atoms with E-state index in [4.69, 9.17) is 10.8 Å². The second-order valence-corrected chi connectivity index (χ2v) is 3.15. The summed E-state index contributed by atoms with van der Waals surface area (Å²) < 4.78 is 0. The number of carbonyl (C=O) groups is 2. The summed E-state index contributed by atoms with van der Waals surface area (Å²) >= 11 is 0. The second-order valence-electron chi connectivity index (χ2n) is 3.15. The van der Waals surface area contributed by atoms with E-state index in [2.05, 4.69) is 5.32 Å². The first-order chi connectivity index (χ1) is 7.00. The fraction of sp³-hybridized carbons (Fsp3) is 0.200. The minimum Gasteiger partial charge on any atom is -0.480 e. The number of hydrogen-bond donors (Lipinski definition) is 3.